The van der Waals surface area contributed by atoms with Crippen molar-refractivity contribution < 1.29 is 14.3 Å². The average molecular weight is 417 g/mol. The van der Waals surface area contributed by atoms with Crippen molar-refractivity contribution in [3.63, 3.8) is 0 Å². The van der Waals surface area contributed by atoms with Crippen molar-refractivity contribution >= 4 is 34.3 Å². The summed E-state index contributed by atoms with van der Waals surface area (Å²) >= 11 is 6.26. The number of ether oxygens (including phenoxy) is 2. The van der Waals surface area contributed by atoms with Crippen LogP contribution in [0.5, 0.6) is 0 Å². The molecule has 1 fully saturated rings. The summed E-state index contributed by atoms with van der Waals surface area (Å²) in [7, 11) is 0. The van der Waals surface area contributed by atoms with Gasteiger partial charge in [-0.1, -0.05) is 11.6 Å². The van der Waals surface area contributed by atoms with Gasteiger partial charge < -0.3 is 14.5 Å². The molecule has 29 heavy (non-hydrogen) atoms. The maximum Gasteiger partial charge on any atom is 0.412 e. The van der Waals surface area contributed by atoms with Crippen LogP contribution < -0.4 is 5.32 Å². The molecule has 7 nitrogen and oxygen atoms in total. The molecule has 1 aliphatic rings. The molecule has 1 atom stereocenters. The van der Waals surface area contributed by atoms with Crippen LogP contribution in [-0.4, -0.2) is 33.1 Å². The van der Waals surface area contributed by atoms with Crippen LogP contribution in [0.25, 0.3) is 22.0 Å². The molecular weight excluding hydrogens is 392 g/mol. The molecule has 3 aromatic rings. The molecule has 0 radical (unpaired) electrons. The Bertz CT molecular complexity index is 1030. The topological polar surface area (TPSA) is 81.2 Å². The largest absolute Gasteiger partial charge is 0.444 e. The molecule has 2 aromatic heterocycles. The number of carbonyl (C=O) groups is 1. The van der Waals surface area contributed by atoms with Gasteiger partial charge in [-0.25, -0.2) is 9.48 Å². The maximum atomic E-state index is 12.3. The van der Waals surface area contributed by atoms with E-state index in [0.717, 1.165) is 47.9 Å². The van der Waals surface area contributed by atoms with E-state index in [1.807, 2.05) is 50.1 Å². The zero-order valence-corrected chi connectivity index (χ0v) is 17.5. The van der Waals surface area contributed by atoms with Crippen molar-refractivity contribution in [2.24, 2.45) is 0 Å². The zero-order valence-electron chi connectivity index (χ0n) is 16.8. The number of H-pyrrole nitrogens is 1. The summed E-state index contributed by atoms with van der Waals surface area (Å²) in [6.45, 7) is 6.23. The van der Waals surface area contributed by atoms with Crippen LogP contribution >= 0.6 is 11.6 Å². The van der Waals surface area contributed by atoms with Gasteiger partial charge in [0.15, 0.2) is 0 Å². The summed E-state index contributed by atoms with van der Waals surface area (Å²) in [5, 5.41) is 8.70. The number of hydrogen-bond acceptors (Lipinski definition) is 4. The molecule has 1 amide bonds. The lowest BCUT2D eigenvalue weighted by Crippen LogP contribution is -2.27. The number of carbonyl (C=O) groups excluding carboxylic acids is 1. The summed E-state index contributed by atoms with van der Waals surface area (Å²) in [5.41, 5.74) is 2.66. The van der Waals surface area contributed by atoms with E-state index >= 15 is 0 Å². The lowest BCUT2D eigenvalue weighted by molar-refractivity contribution is -0.0394. The maximum absolute atomic E-state index is 12.3. The number of nitrogens with zero attached hydrogens (tertiary/aromatic N) is 2. The summed E-state index contributed by atoms with van der Waals surface area (Å²) in [4.78, 5) is 15.6. The Morgan fingerprint density at radius 3 is 2.93 bits per heavy atom. The third kappa shape index (κ3) is 4.41. The van der Waals surface area contributed by atoms with E-state index in [0.29, 0.717) is 10.7 Å². The second-order valence-electron chi connectivity index (χ2n) is 8.24. The second-order valence-corrected chi connectivity index (χ2v) is 8.67. The number of amides is 1. The van der Waals surface area contributed by atoms with Gasteiger partial charge >= 0.3 is 6.09 Å². The highest BCUT2D eigenvalue weighted by atomic mass is 35.5. The third-order valence-corrected chi connectivity index (χ3v) is 4.96. The molecule has 0 spiro atoms. The van der Waals surface area contributed by atoms with Crippen LogP contribution in [0.2, 0.25) is 5.02 Å². The van der Waals surface area contributed by atoms with Crippen LogP contribution in [-0.2, 0) is 9.47 Å². The number of aromatic amines is 1. The highest BCUT2D eigenvalue weighted by Crippen LogP contribution is 2.37. The van der Waals surface area contributed by atoms with Crippen molar-refractivity contribution in [1.82, 2.24) is 14.8 Å². The summed E-state index contributed by atoms with van der Waals surface area (Å²) in [6, 6.07) is 3.55. The van der Waals surface area contributed by atoms with Gasteiger partial charge in [0, 0.05) is 46.1 Å². The predicted molar refractivity (Wildman–Crippen MR) is 113 cm³/mol. The van der Waals surface area contributed by atoms with Crippen LogP contribution in [0.1, 0.15) is 46.3 Å². The summed E-state index contributed by atoms with van der Waals surface area (Å²) in [5.74, 6) is 0. The zero-order chi connectivity index (χ0) is 20.6. The molecule has 0 aliphatic carbocycles. The molecular formula is C21H25ClN4O3. The minimum Gasteiger partial charge on any atom is -0.444 e. The SMILES string of the molecule is CC(C)(C)OC(=O)Nc1cc(Cl)cc2[nH]cc(-c3cnn(C4CCCCO4)c3)c12. The van der Waals surface area contributed by atoms with E-state index in [2.05, 4.69) is 15.4 Å². The lowest BCUT2D eigenvalue weighted by Gasteiger charge is -2.22. The molecule has 2 N–H and O–H groups in total. The van der Waals surface area contributed by atoms with E-state index in [1.54, 1.807) is 6.07 Å². The predicted octanol–water partition coefficient (Wildman–Crippen LogP) is 5.73. The second kappa shape index (κ2) is 7.72. The standard InChI is InChI=1S/C21H25ClN4O3/c1-21(2,3)29-20(27)25-17-9-14(22)8-16-19(17)15(11-23-16)13-10-24-26(12-13)18-6-4-5-7-28-18/h8-12,18,23H,4-7H2,1-3H3,(H,25,27). The number of benzene rings is 1. The number of hydrogen-bond donors (Lipinski definition) is 2. The van der Waals surface area contributed by atoms with Gasteiger partial charge in [0.25, 0.3) is 0 Å². The third-order valence-electron chi connectivity index (χ3n) is 4.74. The Morgan fingerprint density at radius 1 is 1.38 bits per heavy atom. The number of nitrogens with one attached hydrogen (secondary N) is 2. The van der Waals surface area contributed by atoms with Gasteiger partial charge in [0.1, 0.15) is 11.8 Å². The molecule has 1 aromatic carbocycles. The number of anilines is 1. The van der Waals surface area contributed by atoms with Crippen LogP contribution in [0.3, 0.4) is 0 Å². The number of rotatable bonds is 3. The van der Waals surface area contributed by atoms with Gasteiger partial charge in [0.05, 0.1) is 11.9 Å². The Hall–Kier alpha value is -2.51. The van der Waals surface area contributed by atoms with Gasteiger partial charge in [-0.3, -0.25) is 5.32 Å². The molecule has 1 unspecified atom stereocenters. The quantitative estimate of drug-likeness (QED) is 0.571. The molecule has 0 saturated carbocycles. The molecule has 3 heterocycles. The lowest BCUT2D eigenvalue weighted by atomic mass is 10.1. The monoisotopic (exact) mass is 416 g/mol. The van der Waals surface area contributed by atoms with Gasteiger partial charge in [-0.15, -0.1) is 0 Å². The Balaban J connectivity index is 1.69. The van der Waals surface area contributed by atoms with Gasteiger partial charge in [-0.05, 0) is 52.2 Å². The molecule has 0 bridgehead atoms. The van der Waals surface area contributed by atoms with Crippen molar-refractivity contribution in [3.05, 3.63) is 35.7 Å². The number of fused-ring (bicyclic) bond motifs is 1. The Morgan fingerprint density at radius 2 is 2.21 bits per heavy atom. The van der Waals surface area contributed by atoms with Crippen molar-refractivity contribution in [1.29, 1.82) is 0 Å². The minimum absolute atomic E-state index is 0.0310. The van der Waals surface area contributed by atoms with E-state index in [-0.39, 0.29) is 6.23 Å². The highest BCUT2D eigenvalue weighted by molar-refractivity contribution is 6.32. The Labute approximate surface area is 174 Å². The number of halogens is 1. The van der Waals surface area contributed by atoms with Crippen molar-refractivity contribution in [2.75, 3.05) is 11.9 Å². The van der Waals surface area contributed by atoms with Gasteiger partial charge in [-0.2, -0.15) is 5.10 Å². The first-order valence-corrected chi connectivity index (χ1v) is 10.1. The molecule has 4 rings (SSSR count). The van der Waals surface area contributed by atoms with Crippen LogP contribution in [0, 0.1) is 0 Å². The van der Waals surface area contributed by atoms with Crippen LogP contribution in [0.4, 0.5) is 10.5 Å². The molecule has 8 heteroatoms. The fraction of sp³-hybridized carbons (Fsp3) is 0.429. The van der Waals surface area contributed by atoms with E-state index in [1.165, 1.54) is 0 Å². The van der Waals surface area contributed by atoms with Gasteiger partial charge in [0.2, 0.25) is 0 Å². The van der Waals surface area contributed by atoms with E-state index in [9.17, 15) is 4.79 Å². The minimum atomic E-state index is -0.593. The normalized spacial score (nSPS) is 17.4. The van der Waals surface area contributed by atoms with E-state index in [4.69, 9.17) is 21.1 Å². The fourth-order valence-electron chi connectivity index (χ4n) is 3.54. The Kier molecular flexibility index (Phi) is 5.27. The average Bonchev–Trinajstić information content (AvgIpc) is 3.27. The summed E-state index contributed by atoms with van der Waals surface area (Å²) < 4.78 is 13.1. The molecule has 154 valence electrons. The first-order valence-electron chi connectivity index (χ1n) is 9.77. The fourth-order valence-corrected chi connectivity index (χ4v) is 3.76. The van der Waals surface area contributed by atoms with E-state index < -0.39 is 11.7 Å². The molecule has 1 saturated heterocycles. The highest BCUT2D eigenvalue weighted by Gasteiger charge is 2.21. The van der Waals surface area contributed by atoms with Crippen molar-refractivity contribution in [3.8, 4) is 11.1 Å². The first-order chi connectivity index (χ1) is 13.8. The smallest absolute Gasteiger partial charge is 0.412 e. The number of aromatic nitrogens is 3. The van der Waals surface area contributed by atoms with Crippen LogP contribution in [0.15, 0.2) is 30.7 Å². The van der Waals surface area contributed by atoms with Crippen molar-refractivity contribution in [2.45, 2.75) is 51.9 Å². The summed E-state index contributed by atoms with van der Waals surface area (Å²) in [6.07, 6.45) is 8.30. The molecule has 1 aliphatic heterocycles. The first kappa shape index (κ1) is 19.8.